The van der Waals surface area contributed by atoms with Crippen LogP contribution in [0.5, 0.6) is 0 Å². The van der Waals surface area contributed by atoms with Crippen LogP contribution in [0.1, 0.15) is 13.8 Å². The molecule has 0 bridgehead atoms. The lowest BCUT2D eigenvalue weighted by Gasteiger charge is -1.90. The van der Waals surface area contributed by atoms with Crippen molar-refractivity contribution in [2.45, 2.75) is 23.8 Å². The zero-order valence-electron chi connectivity index (χ0n) is 4.84. The molecule has 8 heavy (non-hydrogen) atoms. The van der Waals surface area contributed by atoms with Gasteiger partial charge in [0.1, 0.15) is 5.25 Å². The van der Waals surface area contributed by atoms with Crippen molar-refractivity contribution in [1.82, 2.24) is 0 Å². The zero-order valence-corrected chi connectivity index (χ0v) is 5.66. The van der Waals surface area contributed by atoms with Crippen LogP contribution >= 0.6 is 11.8 Å². The average molecular weight is 132 g/mol. The van der Waals surface area contributed by atoms with Crippen LogP contribution in [0.4, 0.5) is 0 Å². The van der Waals surface area contributed by atoms with Crippen LogP contribution in [-0.4, -0.2) is 21.1 Å². The monoisotopic (exact) mass is 132 g/mol. The molecule has 1 fully saturated rings. The molecule has 1 atom stereocenters. The highest BCUT2D eigenvalue weighted by Gasteiger charge is 2.52. The minimum Gasteiger partial charge on any atom is -0.480 e. The van der Waals surface area contributed by atoms with E-state index in [9.17, 15) is 4.79 Å². The highest BCUT2D eigenvalue weighted by atomic mass is 32.2. The van der Waals surface area contributed by atoms with Gasteiger partial charge < -0.3 is 5.11 Å². The lowest BCUT2D eigenvalue weighted by Crippen LogP contribution is -2.12. The molecule has 0 aromatic heterocycles. The molecule has 0 aliphatic carbocycles. The number of carboxylic acid groups (broad SMARTS) is 1. The Labute approximate surface area is 52.3 Å². The van der Waals surface area contributed by atoms with Crippen molar-refractivity contribution in [3.63, 3.8) is 0 Å². The van der Waals surface area contributed by atoms with Gasteiger partial charge in [0.15, 0.2) is 0 Å². The normalized spacial score (nSPS) is 32.0. The van der Waals surface area contributed by atoms with E-state index in [2.05, 4.69) is 0 Å². The summed E-state index contributed by atoms with van der Waals surface area (Å²) in [5.41, 5.74) is 0. The minimum absolute atomic E-state index is 0.00579. The van der Waals surface area contributed by atoms with Gasteiger partial charge in [-0.3, -0.25) is 4.79 Å². The molecule has 3 heteroatoms. The summed E-state index contributed by atoms with van der Waals surface area (Å²) < 4.78 is 0.00579. The maximum absolute atomic E-state index is 10.2. The molecular weight excluding hydrogens is 124 g/mol. The van der Waals surface area contributed by atoms with Gasteiger partial charge in [0, 0.05) is 4.75 Å². The van der Waals surface area contributed by atoms with E-state index >= 15 is 0 Å². The maximum Gasteiger partial charge on any atom is 0.318 e. The summed E-state index contributed by atoms with van der Waals surface area (Å²) in [7, 11) is 0. The fourth-order valence-corrected chi connectivity index (χ4v) is 1.36. The Morgan fingerprint density at radius 2 is 2.12 bits per heavy atom. The van der Waals surface area contributed by atoms with E-state index < -0.39 is 5.97 Å². The molecule has 1 unspecified atom stereocenters. The third-order valence-corrected chi connectivity index (χ3v) is 2.84. The lowest BCUT2D eigenvalue weighted by molar-refractivity contribution is -0.135. The Morgan fingerprint density at radius 3 is 2.12 bits per heavy atom. The lowest BCUT2D eigenvalue weighted by atomic mass is 10.1. The number of thioether (sulfide) groups is 1. The number of aliphatic carboxylic acids is 1. The first-order chi connectivity index (χ1) is 3.54. The maximum atomic E-state index is 10.2. The molecule has 1 heterocycles. The second kappa shape index (κ2) is 1.41. The number of hydrogen-bond donors (Lipinski definition) is 1. The van der Waals surface area contributed by atoms with Gasteiger partial charge in [0.2, 0.25) is 0 Å². The molecule has 1 aliphatic rings. The largest absolute Gasteiger partial charge is 0.480 e. The van der Waals surface area contributed by atoms with Crippen molar-refractivity contribution in [2.24, 2.45) is 0 Å². The van der Waals surface area contributed by atoms with E-state index in [0.717, 1.165) is 0 Å². The van der Waals surface area contributed by atoms with Crippen LogP contribution in [0, 0.1) is 0 Å². The molecule has 0 saturated carbocycles. The molecule has 1 rings (SSSR count). The fourth-order valence-electron chi connectivity index (χ4n) is 0.617. The first-order valence-corrected chi connectivity index (χ1v) is 3.32. The molecule has 1 N–H and O–H groups in total. The van der Waals surface area contributed by atoms with E-state index in [0.29, 0.717) is 0 Å². The van der Waals surface area contributed by atoms with E-state index in [-0.39, 0.29) is 10.00 Å². The predicted octanol–water partition coefficient (Wildman–Crippen LogP) is 0.965. The van der Waals surface area contributed by atoms with Crippen molar-refractivity contribution in [1.29, 1.82) is 0 Å². The van der Waals surface area contributed by atoms with Crippen molar-refractivity contribution in [3.05, 3.63) is 0 Å². The average Bonchev–Trinajstić information content (AvgIpc) is 2.13. The van der Waals surface area contributed by atoms with Crippen LogP contribution in [0.25, 0.3) is 0 Å². The standard InChI is InChI=1S/C5H8O2S/c1-5(2)3(8-5)4(6)7/h3H,1-2H3,(H,6,7). The molecule has 1 saturated heterocycles. The molecular formula is C5H8O2S. The smallest absolute Gasteiger partial charge is 0.318 e. The van der Waals surface area contributed by atoms with Gasteiger partial charge in [-0.05, 0) is 13.8 Å². The number of carbonyl (C=O) groups is 1. The molecule has 1 aliphatic heterocycles. The van der Waals surface area contributed by atoms with Crippen LogP contribution in [0.2, 0.25) is 0 Å². The molecule has 0 spiro atoms. The molecule has 0 radical (unpaired) electrons. The molecule has 0 aromatic rings. The predicted molar refractivity (Wildman–Crippen MR) is 33.1 cm³/mol. The summed E-state index contributed by atoms with van der Waals surface area (Å²) in [6.07, 6.45) is 0. The summed E-state index contributed by atoms with van der Waals surface area (Å²) in [5, 5.41) is 8.22. The number of carboxylic acids is 1. The van der Waals surface area contributed by atoms with Gasteiger partial charge >= 0.3 is 5.97 Å². The van der Waals surface area contributed by atoms with Gasteiger partial charge in [-0.15, -0.1) is 11.8 Å². The van der Waals surface area contributed by atoms with Crippen molar-refractivity contribution >= 4 is 17.7 Å². The van der Waals surface area contributed by atoms with Gasteiger partial charge in [-0.2, -0.15) is 0 Å². The quantitative estimate of drug-likeness (QED) is 0.540. The molecule has 0 amide bonds. The summed E-state index contributed by atoms with van der Waals surface area (Å²) in [6, 6.07) is 0. The van der Waals surface area contributed by atoms with Crippen LogP contribution < -0.4 is 0 Å². The van der Waals surface area contributed by atoms with Gasteiger partial charge in [0.25, 0.3) is 0 Å². The summed E-state index contributed by atoms with van der Waals surface area (Å²) in [6.45, 7) is 3.88. The first kappa shape index (κ1) is 5.95. The Hall–Kier alpha value is -0.180. The van der Waals surface area contributed by atoms with Crippen molar-refractivity contribution in [3.8, 4) is 0 Å². The van der Waals surface area contributed by atoms with Crippen LogP contribution in [-0.2, 0) is 4.79 Å². The summed E-state index contributed by atoms with van der Waals surface area (Å²) >= 11 is 1.50. The third kappa shape index (κ3) is 0.823. The second-order valence-electron chi connectivity index (χ2n) is 2.44. The van der Waals surface area contributed by atoms with Crippen molar-refractivity contribution in [2.75, 3.05) is 0 Å². The van der Waals surface area contributed by atoms with Crippen molar-refractivity contribution < 1.29 is 9.90 Å². The number of rotatable bonds is 1. The minimum atomic E-state index is -0.681. The molecule has 2 nitrogen and oxygen atoms in total. The first-order valence-electron chi connectivity index (χ1n) is 2.44. The SMILES string of the molecule is CC1(C)SC1C(=O)O. The Morgan fingerprint density at radius 1 is 1.75 bits per heavy atom. The fraction of sp³-hybridized carbons (Fsp3) is 0.800. The highest BCUT2D eigenvalue weighted by Crippen LogP contribution is 2.52. The third-order valence-electron chi connectivity index (χ3n) is 1.22. The Bertz CT molecular complexity index is 130. The Kier molecular flexibility index (Phi) is 1.05. The topological polar surface area (TPSA) is 37.3 Å². The molecule has 0 aromatic carbocycles. The Balaban J connectivity index is 2.48. The van der Waals surface area contributed by atoms with Gasteiger partial charge in [-0.25, -0.2) is 0 Å². The zero-order chi connectivity index (χ0) is 6.36. The van der Waals surface area contributed by atoms with Gasteiger partial charge in [-0.1, -0.05) is 0 Å². The molecule has 46 valence electrons. The van der Waals surface area contributed by atoms with Gasteiger partial charge in [0.05, 0.1) is 0 Å². The highest BCUT2D eigenvalue weighted by molar-refractivity contribution is 8.09. The van der Waals surface area contributed by atoms with E-state index in [1.807, 2.05) is 13.8 Å². The van der Waals surface area contributed by atoms with E-state index in [1.54, 1.807) is 0 Å². The summed E-state index contributed by atoms with van der Waals surface area (Å²) in [5.74, 6) is -0.681. The van der Waals surface area contributed by atoms with Crippen LogP contribution in [0.15, 0.2) is 0 Å². The van der Waals surface area contributed by atoms with Crippen LogP contribution in [0.3, 0.4) is 0 Å². The second-order valence-corrected chi connectivity index (χ2v) is 4.20. The van der Waals surface area contributed by atoms with E-state index in [1.165, 1.54) is 11.8 Å². The van der Waals surface area contributed by atoms with E-state index in [4.69, 9.17) is 5.11 Å². The number of hydrogen-bond acceptors (Lipinski definition) is 2. The summed E-state index contributed by atoms with van der Waals surface area (Å²) in [4.78, 5) is 10.2.